The lowest BCUT2D eigenvalue weighted by atomic mass is 9.96. The number of benzene rings is 4. The smallest absolute Gasteiger partial charge is 0.321 e. The van der Waals surface area contributed by atoms with Gasteiger partial charge in [-0.3, -0.25) is 14.8 Å². The lowest BCUT2D eigenvalue weighted by Crippen LogP contribution is -2.49. The van der Waals surface area contributed by atoms with Crippen molar-refractivity contribution in [2.45, 2.75) is 65.4 Å². The molecule has 0 saturated heterocycles. The minimum Gasteiger partial charge on any atom is -0.489 e. The largest absolute Gasteiger partial charge is 0.489 e. The zero-order valence-electron chi connectivity index (χ0n) is 27.0. The molecule has 0 radical (unpaired) electrons. The average Bonchev–Trinajstić information content (AvgIpc) is 3.67. The molecule has 2 N–H and O–H groups in total. The standard InChI is InChI=1S/C39H39N5O3/c1-4-28-19-30(47-24-27-13-9-6-10-14-27)16-18-31(28)29-15-17-32-33(20-29)41-42-37(32)38-40-34-21-35(39(45)46)43(25(2)3)23-36(34)44(38)22-26-11-7-5-8-12-26/h5-20,25,35H,4,21-24H2,1-3H3,(H,41,42)(H,45,46). The number of hydrogen-bond donors (Lipinski definition) is 2. The molecule has 1 aliphatic heterocycles. The Labute approximate surface area is 274 Å². The van der Waals surface area contributed by atoms with Gasteiger partial charge in [0.1, 0.15) is 24.1 Å². The highest BCUT2D eigenvalue weighted by atomic mass is 16.5. The molecule has 1 aliphatic rings. The SMILES string of the molecule is CCc1cc(OCc2ccccc2)ccc1-c1ccc2c(-c3nc4c(n3Cc3ccccc3)CN(C(C)C)C(C(=O)O)C4)n[nH]c2c1. The fraction of sp³-hybridized carbons (Fsp3) is 0.256. The van der Waals surface area contributed by atoms with Gasteiger partial charge in [-0.2, -0.15) is 5.10 Å². The maximum atomic E-state index is 12.3. The molecule has 4 aromatic carbocycles. The molecule has 3 heterocycles. The summed E-state index contributed by atoms with van der Waals surface area (Å²) >= 11 is 0. The number of aromatic amines is 1. The summed E-state index contributed by atoms with van der Waals surface area (Å²) in [6, 6.07) is 32.7. The van der Waals surface area contributed by atoms with Crippen molar-refractivity contribution in [3.05, 3.63) is 125 Å². The van der Waals surface area contributed by atoms with Crippen molar-refractivity contribution >= 4 is 16.9 Å². The maximum Gasteiger partial charge on any atom is 0.321 e. The average molecular weight is 626 g/mol. The van der Waals surface area contributed by atoms with E-state index in [0.717, 1.165) is 68.2 Å². The van der Waals surface area contributed by atoms with E-state index >= 15 is 0 Å². The molecule has 0 fully saturated rings. The van der Waals surface area contributed by atoms with E-state index in [1.54, 1.807) is 0 Å². The monoisotopic (exact) mass is 625 g/mol. The van der Waals surface area contributed by atoms with E-state index < -0.39 is 12.0 Å². The molecule has 1 atom stereocenters. The third-order valence-electron chi connectivity index (χ3n) is 9.20. The predicted molar refractivity (Wildman–Crippen MR) is 184 cm³/mol. The Hall–Kier alpha value is -5.21. The number of fused-ring (bicyclic) bond motifs is 2. The van der Waals surface area contributed by atoms with Crippen LogP contribution in [0.25, 0.3) is 33.5 Å². The molecule has 47 heavy (non-hydrogen) atoms. The van der Waals surface area contributed by atoms with Crippen molar-refractivity contribution in [3.8, 4) is 28.4 Å². The van der Waals surface area contributed by atoms with Crippen molar-refractivity contribution in [3.63, 3.8) is 0 Å². The first-order valence-electron chi connectivity index (χ1n) is 16.3. The van der Waals surface area contributed by atoms with Gasteiger partial charge in [0.2, 0.25) is 0 Å². The molecule has 238 valence electrons. The number of hydrogen-bond acceptors (Lipinski definition) is 5. The molecule has 8 nitrogen and oxygen atoms in total. The second-order valence-corrected chi connectivity index (χ2v) is 12.5. The lowest BCUT2D eigenvalue weighted by molar-refractivity contribution is -0.144. The van der Waals surface area contributed by atoms with Crippen molar-refractivity contribution in [2.24, 2.45) is 0 Å². The summed E-state index contributed by atoms with van der Waals surface area (Å²) < 4.78 is 8.34. The highest BCUT2D eigenvalue weighted by Gasteiger charge is 2.37. The molecule has 0 aliphatic carbocycles. The fourth-order valence-electron chi connectivity index (χ4n) is 6.68. The van der Waals surface area contributed by atoms with Gasteiger partial charge in [0.25, 0.3) is 0 Å². The Kier molecular flexibility index (Phi) is 8.35. The maximum absolute atomic E-state index is 12.3. The summed E-state index contributed by atoms with van der Waals surface area (Å²) in [7, 11) is 0. The highest BCUT2D eigenvalue weighted by molar-refractivity contribution is 5.94. The molecule has 2 aromatic heterocycles. The van der Waals surface area contributed by atoms with E-state index in [9.17, 15) is 9.90 Å². The van der Waals surface area contributed by atoms with Crippen LogP contribution in [0.15, 0.2) is 97.1 Å². The van der Waals surface area contributed by atoms with E-state index in [0.29, 0.717) is 26.1 Å². The first-order chi connectivity index (χ1) is 22.9. The normalized spacial score (nSPS) is 14.9. The lowest BCUT2D eigenvalue weighted by Gasteiger charge is -2.36. The molecule has 0 saturated carbocycles. The number of carboxylic acids is 1. The van der Waals surface area contributed by atoms with Crippen LogP contribution in [0.5, 0.6) is 5.75 Å². The van der Waals surface area contributed by atoms with Crippen LogP contribution in [0.2, 0.25) is 0 Å². The van der Waals surface area contributed by atoms with Crippen LogP contribution < -0.4 is 4.74 Å². The topological polar surface area (TPSA) is 96.3 Å². The summed E-state index contributed by atoms with van der Waals surface area (Å²) in [6.45, 7) is 7.93. The number of rotatable bonds is 10. The highest BCUT2D eigenvalue weighted by Crippen LogP contribution is 2.36. The zero-order chi connectivity index (χ0) is 32.5. The van der Waals surface area contributed by atoms with Gasteiger partial charge in [0, 0.05) is 30.9 Å². The summed E-state index contributed by atoms with van der Waals surface area (Å²) in [5.41, 5.74) is 9.32. The molecule has 0 spiro atoms. The third kappa shape index (κ3) is 6.04. The van der Waals surface area contributed by atoms with E-state index in [-0.39, 0.29) is 6.04 Å². The second-order valence-electron chi connectivity index (χ2n) is 12.5. The van der Waals surface area contributed by atoms with Crippen LogP contribution >= 0.6 is 0 Å². The molecule has 1 unspecified atom stereocenters. The van der Waals surface area contributed by atoms with Crippen LogP contribution in [0, 0.1) is 0 Å². The van der Waals surface area contributed by atoms with Crippen LogP contribution in [0.4, 0.5) is 0 Å². The van der Waals surface area contributed by atoms with Gasteiger partial charge < -0.3 is 14.4 Å². The quantitative estimate of drug-likeness (QED) is 0.164. The Bertz CT molecular complexity index is 2030. The second kappa shape index (κ2) is 12.9. The van der Waals surface area contributed by atoms with Gasteiger partial charge in [0.15, 0.2) is 5.82 Å². The molecular weight excluding hydrogens is 586 g/mol. The van der Waals surface area contributed by atoms with Crippen LogP contribution in [-0.4, -0.2) is 47.8 Å². The van der Waals surface area contributed by atoms with Gasteiger partial charge in [-0.05, 0) is 72.4 Å². The molecule has 0 bridgehead atoms. The first-order valence-corrected chi connectivity index (χ1v) is 16.3. The number of carboxylic acid groups (broad SMARTS) is 1. The van der Waals surface area contributed by atoms with Crippen molar-refractivity contribution < 1.29 is 14.6 Å². The molecular formula is C39H39N5O3. The van der Waals surface area contributed by atoms with Gasteiger partial charge in [0.05, 0.1) is 16.9 Å². The Morgan fingerprint density at radius 3 is 2.43 bits per heavy atom. The summed E-state index contributed by atoms with van der Waals surface area (Å²) in [5, 5.41) is 19.1. The molecule has 7 rings (SSSR count). The number of H-pyrrole nitrogens is 1. The van der Waals surface area contributed by atoms with E-state index in [2.05, 4.69) is 76.1 Å². The van der Waals surface area contributed by atoms with Crippen molar-refractivity contribution in [2.75, 3.05) is 0 Å². The van der Waals surface area contributed by atoms with Crippen molar-refractivity contribution in [1.29, 1.82) is 0 Å². The third-order valence-corrected chi connectivity index (χ3v) is 9.20. The van der Waals surface area contributed by atoms with E-state index in [1.807, 2.05) is 56.3 Å². The van der Waals surface area contributed by atoms with E-state index in [1.165, 1.54) is 5.56 Å². The number of aryl methyl sites for hydroxylation is 1. The van der Waals surface area contributed by atoms with Gasteiger partial charge in [-0.15, -0.1) is 0 Å². The number of aliphatic carboxylic acids is 1. The minimum absolute atomic E-state index is 0.0786. The number of imidazole rings is 1. The van der Waals surface area contributed by atoms with E-state index in [4.69, 9.17) is 14.8 Å². The van der Waals surface area contributed by atoms with Gasteiger partial charge in [-0.1, -0.05) is 79.7 Å². The molecule has 6 aromatic rings. The van der Waals surface area contributed by atoms with Gasteiger partial charge >= 0.3 is 5.97 Å². The Balaban J connectivity index is 1.24. The van der Waals surface area contributed by atoms with Crippen LogP contribution in [0.3, 0.4) is 0 Å². The zero-order valence-corrected chi connectivity index (χ0v) is 27.0. The first kappa shape index (κ1) is 30.4. The Morgan fingerprint density at radius 1 is 0.979 bits per heavy atom. The minimum atomic E-state index is -0.816. The summed E-state index contributed by atoms with van der Waals surface area (Å²) in [4.78, 5) is 19.4. The number of ether oxygens (including phenoxy) is 1. The number of nitrogens with zero attached hydrogens (tertiary/aromatic N) is 4. The van der Waals surface area contributed by atoms with Gasteiger partial charge in [-0.25, -0.2) is 4.98 Å². The summed E-state index contributed by atoms with van der Waals surface area (Å²) in [6.07, 6.45) is 1.23. The van der Waals surface area contributed by atoms with Crippen LogP contribution in [0.1, 0.15) is 48.8 Å². The fourth-order valence-corrected chi connectivity index (χ4v) is 6.68. The predicted octanol–water partition coefficient (Wildman–Crippen LogP) is 7.50. The molecule has 8 heteroatoms. The molecule has 0 amide bonds. The summed E-state index contributed by atoms with van der Waals surface area (Å²) in [5.74, 6) is 0.792. The number of carbonyl (C=O) groups is 1. The Morgan fingerprint density at radius 2 is 1.72 bits per heavy atom. The van der Waals surface area contributed by atoms with Crippen molar-refractivity contribution in [1.82, 2.24) is 24.6 Å². The van der Waals surface area contributed by atoms with Crippen LogP contribution in [-0.2, 0) is 37.3 Å². The number of aromatic nitrogens is 4. The number of nitrogens with one attached hydrogen (secondary N) is 1.